The number of benzene rings is 2. The number of halogens is 6. The summed E-state index contributed by atoms with van der Waals surface area (Å²) in [7, 11) is 0. The first-order valence-corrected chi connectivity index (χ1v) is 11.0. The van der Waals surface area contributed by atoms with Gasteiger partial charge in [-0.25, -0.2) is 4.74 Å². The first kappa shape index (κ1) is 23.2. The van der Waals surface area contributed by atoms with Gasteiger partial charge in [0.1, 0.15) is 0 Å². The van der Waals surface area contributed by atoms with Crippen LogP contribution in [0.1, 0.15) is 36.0 Å². The van der Waals surface area contributed by atoms with E-state index in [1.54, 1.807) is 24.3 Å². The molecule has 1 fully saturated rings. The van der Waals surface area contributed by atoms with Crippen molar-refractivity contribution in [2.75, 3.05) is 6.54 Å². The predicted molar refractivity (Wildman–Crippen MR) is 117 cm³/mol. The number of hydroxylamine groups is 1. The third kappa shape index (κ3) is 4.30. The zero-order valence-corrected chi connectivity index (χ0v) is 18.9. The number of carbonyl (C=O) groups is 1. The fourth-order valence-electron chi connectivity index (χ4n) is 3.89. The molecular formula is C22H18Cl3F3N2O2. The number of hydrogen-bond acceptors (Lipinski definition) is 2. The number of nitrogens with zero attached hydrogens (tertiary/aromatic N) is 1. The van der Waals surface area contributed by atoms with Crippen LogP contribution in [0.2, 0.25) is 15.1 Å². The van der Waals surface area contributed by atoms with Gasteiger partial charge in [0.05, 0.1) is 21.5 Å². The summed E-state index contributed by atoms with van der Waals surface area (Å²) in [5.41, 5.74) is -1.50. The summed E-state index contributed by atoms with van der Waals surface area (Å²) in [6.07, 6.45) is -3.50. The van der Waals surface area contributed by atoms with Gasteiger partial charge in [-0.3, -0.25) is 4.79 Å². The van der Waals surface area contributed by atoms with Gasteiger partial charge in [-0.05, 0) is 48.2 Å². The molecule has 1 aliphatic heterocycles. The predicted octanol–water partition coefficient (Wildman–Crippen LogP) is 5.88. The lowest BCUT2D eigenvalue weighted by molar-refractivity contribution is -0.465. The van der Waals surface area contributed by atoms with Gasteiger partial charge < -0.3 is 10.5 Å². The Morgan fingerprint density at radius 2 is 1.72 bits per heavy atom. The van der Waals surface area contributed by atoms with Crippen molar-refractivity contribution in [3.05, 3.63) is 73.4 Å². The SMILES string of the molecule is O=C(NCc1ccc(C2=[N+]([O-])CC(c3cc(Cl)c(Cl)c(Cl)c3)(C(F)(F)F)C2)cc1)C1CC1. The third-order valence-corrected chi connectivity index (χ3v) is 7.16. The van der Waals surface area contributed by atoms with Crippen molar-refractivity contribution in [2.24, 2.45) is 5.92 Å². The molecule has 2 aromatic carbocycles. The number of hydrogen-bond donors (Lipinski definition) is 1. The molecule has 0 radical (unpaired) electrons. The zero-order valence-electron chi connectivity index (χ0n) is 16.6. The van der Waals surface area contributed by atoms with Crippen LogP contribution in [0.15, 0.2) is 36.4 Å². The van der Waals surface area contributed by atoms with E-state index in [-0.39, 0.29) is 38.2 Å². The minimum atomic E-state index is -4.73. The van der Waals surface area contributed by atoms with Crippen LogP contribution in [-0.4, -0.2) is 29.1 Å². The number of rotatable bonds is 5. The van der Waals surface area contributed by atoms with Crippen molar-refractivity contribution < 1.29 is 22.7 Å². The highest BCUT2D eigenvalue weighted by Crippen LogP contribution is 2.49. The Hall–Kier alpha value is -1.96. The zero-order chi connectivity index (χ0) is 23.3. The Kier molecular flexibility index (Phi) is 6.11. The van der Waals surface area contributed by atoms with E-state index in [2.05, 4.69) is 5.32 Å². The second kappa shape index (κ2) is 8.43. The molecule has 2 aliphatic rings. The second-order valence-corrected chi connectivity index (χ2v) is 9.38. The van der Waals surface area contributed by atoms with Gasteiger partial charge in [0.15, 0.2) is 17.7 Å². The van der Waals surface area contributed by atoms with Gasteiger partial charge in [-0.15, -0.1) is 0 Å². The Morgan fingerprint density at radius 3 is 2.25 bits per heavy atom. The molecular weight excluding hydrogens is 488 g/mol. The maximum absolute atomic E-state index is 14.3. The van der Waals surface area contributed by atoms with E-state index in [0.717, 1.165) is 30.5 Å². The van der Waals surface area contributed by atoms with Crippen molar-refractivity contribution in [1.29, 1.82) is 0 Å². The smallest absolute Gasteiger partial charge is 0.405 e. The molecule has 0 saturated heterocycles. The molecule has 10 heteroatoms. The van der Waals surface area contributed by atoms with Gasteiger partial charge in [-0.1, -0.05) is 46.9 Å². The Morgan fingerprint density at radius 1 is 1.12 bits per heavy atom. The van der Waals surface area contributed by atoms with Crippen molar-refractivity contribution in [2.45, 2.75) is 37.4 Å². The topological polar surface area (TPSA) is 55.2 Å². The molecule has 32 heavy (non-hydrogen) atoms. The lowest BCUT2D eigenvalue weighted by Gasteiger charge is -2.29. The van der Waals surface area contributed by atoms with Crippen molar-refractivity contribution in [1.82, 2.24) is 5.32 Å². The minimum absolute atomic E-state index is 0.000208. The lowest BCUT2D eigenvalue weighted by Crippen LogP contribution is -2.45. The molecule has 4 nitrogen and oxygen atoms in total. The fourth-order valence-corrected chi connectivity index (χ4v) is 4.49. The highest BCUT2D eigenvalue weighted by atomic mass is 35.5. The summed E-state index contributed by atoms with van der Waals surface area (Å²) >= 11 is 17.9. The van der Waals surface area contributed by atoms with Crippen LogP contribution in [0.25, 0.3) is 0 Å². The third-order valence-electron chi connectivity index (χ3n) is 5.96. The highest BCUT2D eigenvalue weighted by molar-refractivity contribution is 6.48. The first-order chi connectivity index (χ1) is 15.0. The average Bonchev–Trinajstić information content (AvgIpc) is 3.52. The van der Waals surface area contributed by atoms with Crippen LogP contribution in [-0.2, 0) is 16.8 Å². The average molecular weight is 506 g/mol. The van der Waals surface area contributed by atoms with Crippen LogP contribution in [0.4, 0.5) is 13.2 Å². The summed E-state index contributed by atoms with van der Waals surface area (Å²) in [6.45, 7) is -0.500. The molecule has 0 aromatic heterocycles. The lowest BCUT2D eigenvalue weighted by atomic mass is 9.76. The monoisotopic (exact) mass is 504 g/mol. The van der Waals surface area contributed by atoms with E-state index in [9.17, 15) is 23.2 Å². The summed E-state index contributed by atoms with van der Waals surface area (Å²) in [4.78, 5) is 11.8. The van der Waals surface area contributed by atoms with Crippen molar-refractivity contribution in [3.8, 4) is 0 Å². The maximum Gasteiger partial charge on any atom is 0.405 e. The van der Waals surface area contributed by atoms with Crippen molar-refractivity contribution in [3.63, 3.8) is 0 Å². The van der Waals surface area contributed by atoms with Crippen molar-refractivity contribution >= 4 is 46.4 Å². The van der Waals surface area contributed by atoms with Crippen LogP contribution in [0, 0.1) is 11.1 Å². The maximum atomic E-state index is 14.3. The Bertz CT molecular complexity index is 1080. The summed E-state index contributed by atoms with van der Waals surface area (Å²) in [5, 5.41) is 15.2. The fraction of sp³-hybridized carbons (Fsp3) is 0.364. The molecule has 0 spiro atoms. The van der Waals surface area contributed by atoms with Crippen LogP contribution in [0.3, 0.4) is 0 Å². The van der Waals surface area contributed by atoms with Crippen LogP contribution >= 0.6 is 34.8 Å². The molecule has 4 rings (SSSR count). The van der Waals surface area contributed by atoms with E-state index < -0.39 is 24.6 Å². The van der Waals surface area contributed by atoms with E-state index in [1.165, 1.54) is 0 Å². The highest BCUT2D eigenvalue weighted by Gasteiger charge is 2.63. The molecule has 1 saturated carbocycles. The normalized spacial score (nSPS) is 21.2. The standard InChI is InChI=1S/C22H18Cl3F3N2O2/c23-16-7-15(8-17(24)19(16)25)21(22(26,27)28)9-18(30(32)11-21)13-3-1-12(2-4-13)10-29-20(31)14-5-6-14/h1-4,7-8,14H,5-6,9-11H2,(H,29,31). The molecule has 1 N–H and O–H groups in total. The number of alkyl halides is 3. The summed E-state index contributed by atoms with van der Waals surface area (Å²) in [6, 6.07) is 8.79. The van der Waals surface area contributed by atoms with Crippen LogP contribution < -0.4 is 5.32 Å². The van der Waals surface area contributed by atoms with E-state index in [0.29, 0.717) is 16.8 Å². The van der Waals surface area contributed by atoms with E-state index in [1.807, 2.05) is 0 Å². The number of carbonyl (C=O) groups excluding carboxylic acids is 1. The van der Waals surface area contributed by atoms with E-state index in [4.69, 9.17) is 34.8 Å². The number of amides is 1. The largest absolute Gasteiger partial charge is 0.624 e. The van der Waals surface area contributed by atoms with Gasteiger partial charge in [-0.2, -0.15) is 13.2 Å². The number of nitrogens with one attached hydrogen (secondary N) is 1. The Balaban J connectivity index is 1.59. The van der Waals surface area contributed by atoms with E-state index >= 15 is 0 Å². The molecule has 2 aromatic rings. The molecule has 170 valence electrons. The van der Waals surface area contributed by atoms with Crippen LogP contribution in [0.5, 0.6) is 0 Å². The Labute approximate surface area is 197 Å². The molecule has 1 heterocycles. The molecule has 1 atom stereocenters. The molecule has 1 unspecified atom stereocenters. The summed E-state index contributed by atoms with van der Waals surface area (Å²) in [5.74, 6) is 0.0860. The van der Waals surface area contributed by atoms with Gasteiger partial charge >= 0.3 is 6.18 Å². The van der Waals surface area contributed by atoms with Gasteiger partial charge in [0.25, 0.3) is 0 Å². The molecule has 1 amide bonds. The quantitative estimate of drug-likeness (QED) is 0.314. The summed E-state index contributed by atoms with van der Waals surface area (Å²) < 4.78 is 43.3. The van der Waals surface area contributed by atoms with Gasteiger partial charge in [0, 0.05) is 18.0 Å². The minimum Gasteiger partial charge on any atom is -0.624 e. The van der Waals surface area contributed by atoms with Gasteiger partial charge in [0.2, 0.25) is 5.91 Å². The molecule has 0 bridgehead atoms. The molecule has 1 aliphatic carbocycles. The second-order valence-electron chi connectivity index (χ2n) is 8.18. The first-order valence-electron chi connectivity index (χ1n) is 9.91.